The molecule has 2 amide bonds. The Morgan fingerprint density at radius 3 is 2.68 bits per heavy atom. The maximum Gasteiger partial charge on any atom is 0.240 e. The number of sulfonamides is 1. The number of hydrogen-bond donors (Lipinski definition) is 2. The Kier molecular flexibility index (Phi) is 5.95. The van der Waals surface area contributed by atoms with Crippen molar-refractivity contribution >= 4 is 27.5 Å². The summed E-state index contributed by atoms with van der Waals surface area (Å²) < 4.78 is 38.6. The lowest BCUT2D eigenvalue weighted by Crippen LogP contribution is -2.36. The van der Waals surface area contributed by atoms with E-state index in [1.165, 1.54) is 6.07 Å². The van der Waals surface area contributed by atoms with Gasteiger partial charge in [-0.3, -0.25) is 9.59 Å². The van der Waals surface area contributed by atoms with Gasteiger partial charge in [-0.15, -0.1) is 0 Å². The fourth-order valence-electron chi connectivity index (χ4n) is 4.36. The lowest BCUT2D eigenvalue weighted by Gasteiger charge is -2.22. The van der Waals surface area contributed by atoms with Crippen LogP contribution in [-0.2, 0) is 32.6 Å². The SMILES string of the molecule is C[C@@H]1Cc2cc(S(=O)(=O)NCCC(=O)NCc3ccc4c(c3)OCO4)ccc2N1C(=O)C1CC1. The van der Waals surface area contributed by atoms with Gasteiger partial charge in [-0.2, -0.15) is 0 Å². The first kappa shape index (κ1) is 22.7. The normalized spacial score (nSPS) is 18.6. The van der Waals surface area contributed by atoms with E-state index in [0.29, 0.717) is 24.5 Å². The zero-order chi connectivity index (χ0) is 23.9. The summed E-state index contributed by atoms with van der Waals surface area (Å²) in [6, 6.07) is 10.3. The molecule has 34 heavy (non-hydrogen) atoms. The van der Waals surface area contributed by atoms with Crippen LogP contribution in [0.15, 0.2) is 41.3 Å². The van der Waals surface area contributed by atoms with Gasteiger partial charge in [0.1, 0.15) is 0 Å². The molecular weight excluding hydrogens is 458 g/mol. The van der Waals surface area contributed by atoms with Gasteiger partial charge in [0, 0.05) is 37.2 Å². The quantitative estimate of drug-likeness (QED) is 0.592. The Balaban J connectivity index is 1.14. The Hall–Kier alpha value is -3.11. The second-order valence-corrected chi connectivity index (χ2v) is 10.7. The maximum atomic E-state index is 12.8. The van der Waals surface area contributed by atoms with Crippen LogP contribution in [-0.4, -0.2) is 39.6 Å². The third kappa shape index (κ3) is 4.60. The third-order valence-corrected chi connectivity index (χ3v) is 7.77. The van der Waals surface area contributed by atoms with Crippen molar-refractivity contribution in [2.24, 2.45) is 5.92 Å². The number of nitrogens with zero attached hydrogens (tertiary/aromatic N) is 1. The summed E-state index contributed by atoms with van der Waals surface area (Å²) >= 11 is 0. The summed E-state index contributed by atoms with van der Waals surface area (Å²) in [4.78, 5) is 26.7. The van der Waals surface area contributed by atoms with Crippen LogP contribution in [0, 0.1) is 5.92 Å². The zero-order valence-corrected chi connectivity index (χ0v) is 19.7. The van der Waals surface area contributed by atoms with Gasteiger partial charge in [-0.05, 0) is 67.6 Å². The molecule has 2 aliphatic heterocycles. The fourth-order valence-corrected chi connectivity index (χ4v) is 5.44. The smallest absolute Gasteiger partial charge is 0.240 e. The van der Waals surface area contributed by atoms with Crippen LogP contribution in [0.4, 0.5) is 5.69 Å². The van der Waals surface area contributed by atoms with E-state index in [0.717, 1.165) is 29.7 Å². The average molecular weight is 486 g/mol. The molecule has 2 aromatic carbocycles. The van der Waals surface area contributed by atoms with Crippen LogP contribution in [0.1, 0.15) is 37.3 Å². The molecule has 3 aliphatic rings. The molecule has 1 saturated carbocycles. The van der Waals surface area contributed by atoms with Crippen LogP contribution in [0.2, 0.25) is 0 Å². The number of nitrogens with one attached hydrogen (secondary N) is 2. The monoisotopic (exact) mass is 485 g/mol. The molecule has 1 fully saturated rings. The lowest BCUT2D eigenvalue weighted by atomic mass is 10.1. The van der Waals surface area contributed by atoms with E-state index in [1.807, 2.05) is 13.0 Å². The third-order valence-electron chi connectivity index (χ3n) is 6.31. The second-order valence-electron chi connectivity index (χ2n) is 8.94. The molecule has 1 atom stereocenters. The highest BCUT2D eigenvalue weighted by Gasteiger charge is 2.39. The highest BCUT2D eigenvalue weighted by Crippen LogP contribution is 2.39. The van der Waals surface area contributed by atoms with Gasteiger partial charge in [0.2, 0.25) is 28.6 Å². The topological polar surface area (TPSA) is 114 Å². The number of rotatable bonds is 8. The van der Waals surface area contributed by atoms with Crippen molar-refractivity contribution in [2.75, 3.05) is 18.2 Å². The van der Waals surface area contributed by atoms with Crippen molar-refractivity contribution in [3.8, 4) is 11.5 Å². The van der Waals surface area contributed by atoms with Crippen molar-refractivity contribution in [3.63, 3.8) is 0 Å². The van der Waals surface area contributed by atoms with E-state index in [1.54, 1.807) is 29.2 Å². The zero-order valence-electron chi connectivity index (χ0n) is 18.9. The molecule has 1 aliphatic carbocycles. The highest BCUT2D eigenvalue weighted by molar-refractivity contribution is 7.89. The standard InChI is InChI=1S/C24H27N3O6S/c1-15-10-18-12-19(5-6-20(18)27(15)24(29)17-3-4-17)34(30,31)26-9-8-23(28)25-13-16-2-7-21-22(11-16)33-14-32-21/h2,5-7,11-12,15,17,26H,3-4,8-10,13-14H2,1H3,(H,25,28)/t15-/m1/s1. The van der Waals surface area contributed by atoms with Crippen molar-refractivity contribution in [3.05, 3.63) is 47.5 Å². The average Bonchev–Trinajstić information content (AvgIpc) is 3.46. The molecule has 2 aromatic rings. The summed E-state index contributed by atoms with van der Waals surface area (Å²) in [7, 11) is -3.77. The number of carbonyl (C=O) groups is 2. The van der Waals surface area contributed by atoms with Crippen molar-refractivity contribution in [1.82, 2.24) is 10.0 Å². The van der Waals surface area contributed by atoms with Gasteiger partial charge in [-0.1, -0.05) is 6.07 Å². The summed E-state index contributed by atoms with van der Waals surface area (Å²) in [5.41, 5.74) is 2.51. The number of fused-ring (bicyclic) bond motifs is 2. The molecule has 0 unspecified atom stereocenters. The largest absolute Gasteiger partial charge is 0.454 e. The van der Waals surface area contributed by atoms with Crippen molar-refractivity contribution < 1.29 is 27.5 Å². The van der Waals surface area contributed by atoms with Gasteiger partial charge in [0.05, 0.1) is 4.90 Å². The fraction of sp³-hybridized carbons (Fsp3) is 0.417. The number of anilines is 1. The molecule has 0 spiro atoms. The maximum absolute atomic E-state index is 12.8. The molecule has 2 heterocycles. The van der Waals surface area contributed by atoms with Crippen molar-refractivity contribution in [1.29, 1.82) is 0 Å². The predicted molar refractivity (Wildman–Crippen MR) is 124 cm³/mol. The van der Waals surface area contributed by atoms with E-state index < -0.39 is 10.0 Å². The van der Waals surface area contributed by atoms with E-state index >= 15 is 0 Å². The molecular formula is C24H27N3O6S. The highest BCUT2D eigenvalue weighted by atomic mass is 32.2. The number of carbonyl (C=O) groups excluding carboxylic acids is 2. The molecule has 180 valence electrons. The first-order valence-corrected chi connectivity index (χ1v) is 12.9. The molecule has 0 radical (unpaired) electrons. The summed E-state index contributed by atoms with van der Waals surface area (Å²) in [5.74, 6) is 1.29. The van der Waals surface area contributed by atoms with Gasteiger partial charge in [0.25, 0.3) is 0 Å². The first-order chi connectivity index (χ1) is 16.3. The van der Waals surface area contributed by atoms with E-state index in [2.05, 4.69) is 10.0 Å². The Bertz CT molecular complexity index is 1240. The summed E-state index contributed by atoms with van der Waals surface area (Å²) in [6.07, 6.45) is 2.49. The minimum atomic E-state index is -3.77. The van der Waals surface area contributed by atoms with Gasteiger partial charge < -0.3 is 19.7 Å². The van der Waals surface area contributed by atoms with Gasteiger partial charge in [-0.25, -0.2) is 13.1 Å². The van der Waals surface area contributed by atoms with Crippen LogP contribution in [0.5, 0.6) is 11.5 Å². The molecule has 10 heteroatoms. The number of amides is 2. The predicted octanol–water partition coefficient (Wildman–Crippen LogP) is 2.09. The Morgan fingerprint density at radius 1 is 1.09 bits per heavy atom. The molecule has 0 saturated heterocycles. The van der Waals surface area contributed by atoms with Gasteiger partial charge >= 0.3 is 0 Å². The molecule has 2 N–H and O–H groups in total. The van der Waals surface area contributed by atoms with E-state index in [4.69, 9.17) is 9.47 Å². The minimum Gasteiger partial charge on any atom is -0.454 e. The van der Waals surface area contributed by atoms with E-state index in [9.17, 15) is 18.0 Å². The van der Waals surface area contributed by atoms with Crippen LogP contribution >= 0.6 is 0 Å². The first-order valence-electron chi connectivity index (χ1n) is 11.4. The van der Waals surface area contributed by atoms with E-state index in [-0.39, 0.29) is 48.4 Å². The summed E-state index contributed by atoms with van der Waals surface area (Å²) in [6.45, 7) is 2.46. The van der Waals surface area contributed by atoms with Crippen LogP contribution < -0.4 is 24.4 Å². The number of benzene rings is 2. The molecule has 5 rings (SSSR count). The molecule has 0 bridgehead atoms. The van der Waals surface area contributed by atoms with Crippen LogP contribution in [0.25, 0.3) is 0 Å². The second kappa shape index (κ2) is 8.92. The number of ether oxygens (including phenoxy) is 2. The van der Waals surface area contributed by atoms with Crippen LogP contribution in [0.3, 0.4) is 0 Å². The molecule has 9 nitrogen and oxygen atoms in total. The lowest BCUT2D eigenvalue weighted by molar-refractivity contribution is -0.121. The minimum absolute atomic E-state index is 0.00935. The van der Waals surface area contributed by atoms with Gasteiger partial charge in [0.15, 0.2) is 11.5 Å². The Labute approximate surface area is 198 Å². The number of hydrogen-bond acceptors (Lipinski definition) is 6. The van der Waals surface area contributed by atoms with Crippen molar-refractivity contribution in [2.45, 2.75) is 50.1 Å². The summed E-state index contributed by atoms with van der Waals surface area (Å²) in [5, 5.41) is 2.78. The molecule has 0 aromatic heterocycles. The Morgan fingerprint density at radius 2 is 1.88 bits per heavy atom.